The number of fused-ring (bicyclic) bond motifs is 1. The first-order chi connectivity index (χ1) is 12.0. The molecule has 2 aromatic carbocycles. The number of carbonyl (C=O) groups is 2. The smallest absolute Gasteiger partial charge is 0.339 e. The molecule has 0 aromatic heterocycles. The summed E-state index contributed by atoms with van der Waals surface area (Å²) < 4.78 is 15.7. The summed E-state index contributed by atoms with van der Waals surface area (Å²) in [4.78, 5) is 24.2. The van der Waals surface area contributed by atoms with Crippen molar-refractivity contribution in [3.05, 3.63) is 52.5 Å². The average Bonchev–Trinajstić information content (AvgIpc) is 2.92. The maximum atomic E-state index is 12.4. The zero-order valence-corrected chi connectivity index (χ0v) is 14.4. The van der Waals surface area contributed by atoms with E-state index < -0.39 is 12.1 Å². The van der Waals surface area contributed by atoms with Gasteiger partial charge in [-0.1, -0.05) is 29.8 Å². The van der Waals surface area contributed by atoms with Crippen LogP contribution in [0.3, 0.4) is 0 Å². The molecule has 0 saturated heterocycles. The molecule has 2 aromatic rings. The van der Waals surface area contributed by atoms with E-state index in [1.807, 2.05) is 0 Å². The van der Waals surface area contributed by atoms with Crippen molar-refractivity contribution in [3.63, 3.8) is 0 Å². The summed E-state index contributed by atoms with van der Waals surface area (Å²) in [5.41, 5.74) is 1.63. The maximum absolute atomic E-state index is 12.4. The number of benzene rings is 2. The first-order valence-corrected chi connectivity index (χ1v) is 7.92. The lowest BCUT2D eigenvalue weighted by molar-refractivity contribution is -0.118. The zero-order chi connectivity index (χ0) is 18.0. The number of cyclic esters (lactones) is 1. The molecular weight excluding hydrogens is 346 g/mol. The Morgan fingerprint density at radius 2 is 1.92 bits per heavy atom. The molecule has 0 aliphatic carbocycles. The normalized spacial score (nSPS) is 15.3. The first kappa shape index (κ1) is 17.1. The van der Waals surface area contributed by atoms with Crippen molar-refractivity contribution in [1.82, 2.24) is 0 Å². The molecule has 1 aliphatic heterocycles. The minimum absolute atomic E-state index is 0.00313. The van der Waals surface area contributed by atoms with Gasteiger partial charge in [0.05, 0.1) is 36.9 Å². The summed E-state index contributed by atoms with van der Waals surface area (Å²) in [6.07, 6.45) is -0.611. The predicted octanol–water partition coefficient (Wildman–Crippen LogP) is 3.60. The Labute approximate surface area is 149 Å². The van der Waals surface area contributed by atoms with Crippen LogP contribution >= 0.6 is 11.6 Å². The van der Waals surface area contributed by atoms with E-state index in [2.05, 4.69) is 5.32 Å². The van der Waals surface area contributed by atoms with E-state index in [-0.39, 0.29) is 12.3 Å². The topological polar surface area (TPSA) is 73.9 Å². The Balaban J connectivity index is 1.77. The molecule has 25 heavy (non-hydrogen) atoms. The molecule has 1 atom stereocenters. The fourth-order valence-corrected chi connectivity index (χ4v) is 2.93. The molecule has 0 bridgehead atoms. The van der Waals surface area contributed by atoms with Gasteiger partial charge in [-0.2, -0.15) is 0 Å². The van der Waals surface area contributed by atoms with Crippen molar-refractivity contribution in [2.24, 2.45) is 0 Å². The number of rotatable bonds is 5. The van der Waals surface area contributed by atoms with E-state index in [1.165, 1.54) is 14.2 Å². The highest BCUT2D eigenvalue weighted by Gasteiger charge is 2.32. The van der Waals surface area contributed by atoms with E-state index in [9.17, 15) is 9.59 Å². The number of hydrogen-bond donors (Lipinski definition) is 1. The Morgan fingerprint density at radius 3 is 2.64 bits per heavy atom. The summed E-state index contributed by atoms with van der Waals surface area (Å²) in [6.45, 7) is 0. The lowest BCUT2D eigenvalue weighted by atomic mass is 10.0. The third kappa shape index (κ3) is 3.39. The number of hydrogen-bond acceptors (Lipinski definition) is 5. The number of halogens is 1. The molecule has 0 unspecified atom stereocenters. The van der Waals surface area contributed by atoms with Crippen molar-refractivity contribution in [1.29, 1.82) is 0 Å². The van der Waals surface area contributed by atoms with Crippen LogP contribution in [0.4, 0.5) is 5.69 Å². The Hall–Kier alpha value is -2.73. The van der Waals surface area contributed by atoms with Crippen LogP contribution < -0.4 is 14.8 Å². The van der Waals surface area contributed by atoms with Gasteiger partial charge in [0.1, 0.15) is 17.6 Å². The van der Waals surface area contributed by atoms with Crippen LogP contribution in [0, 0.1) is 0 Å². The highest BCUT2D eigenvalue weighted by Crippen LogP contribution is 2.37. The summed E-state index contributed by atoms with van der Waals surface area (Å²) in [6, 6.07) is 10.2. The number of methoxy groups -OCH3 is 2. The van der Waals surface area contributed by atoms with Gasteiger partial charge in [-0.25, -0.2) is 4.79 Å². The number of carbonyl (C=O) groups excluding carboxylic acids is 2. The third-order valence-electron chi connectivity index (χ3n) is 3.90. The van der Waals surface area contributed by atoms with Crippen LogP contribution in [0.2, 0.25) is 5.02 Å². The molecular formula is C18H16ClNO5. The SMILES string of the molecule is COc1cc(NC(=O)C[C@@H]2OC(=O)c3ccccc32)c(OC)cc1Cl. The van der Waals surface area contributed by atoms with E-state index in [0.29, 0.717) is 33.3 Å². The second-order valence-corrected chi connectivity index (χ2v) is 5.83. The number of esters is 1. The van der Waals surface area contributed by atoms with Gasteiger partial charge >= 0.3 is 5.97 Å². The number of amides is 1. The average molecular weight is 362 g/mol. The quantitative estimate of drug-likeness (QED) is 0.824. The molecule has 0 spiro atoms. The first-order valence-electron chi connectivity index (χ1n) is 7.54. The van der Waals surface area contributed by atoms with Crippen LogP contribution in [-0.4, -0.2) is 26.1 Å². The van der Waals surface area contributed by atoms with Crippen molar-refractivity contribution in [2.45, 2.75) is 12.5 Å². The fourth-order valence-electron chi connectivity index (χ4n) is 2.70. The molecule has 0 radical (unpaired) electrons. The highest BCUT2D eigenvalue weighted by atomic mass is 35.5. The van der Waals surface area contributed by atoms with Gasteiger partial charge in [0.15, 0.2) is 0 Å². The molecule has 6 nitrogen and oxygen atoms in total. The summed E-state index contributed by atoms with van der Waals surface area (Å²) in [7, 11) is 2.96. The highest BCUT2D eigenvalue weighted by molar-refractivity contribution is 6.32. The van der Waals surface area contributed by atoms with Crippen LogP contribution in [0.25, 0.3) is 0 Å². The largest absolute Gasteiger partial charge is 0.495 e. The second-order valence-electron chi connectivity index (χ2n) is 5.42. The minimum Gasteiger partial charge on any atom is -0.495 e. The third-order valence-corrected chi connectivity index (χ3v) is 4.19. The molecule has 1 aliphatic rings. The number of nitrogens with one attached hydrogen (secondary N) is 1. The molecule has 1 heterocycles. The Morgan fingerprint density at radius 1 is 1.20 bits per heavy atom. The van der Waals surface area contributed by atoms with Gasteiger partial charge in [0.2, 0.25) is 5.91 Å². The summed E-state index contributed by atoms with van der Waals surface area (Å²) >= 11 is 6.05. The van der Waals surface area contributed by atoms with Crippen LogP contribution in [0.1, 0.15) is 28.4 Å². The van der Waals surface area contributed by atoms with Gasteiger partial charge in [-0.3, -0.25) is 4.79 Å². The van der Waals surface area contributed by atoms with Crippen LogP contribution in [-0.2, 0) is 9.53 Å². The molecule has 1 amide bonds. The van der Waals surface area contributed by atoms with E-state index in [0.717, 1.165) is 0 Å². The monoisotopic (exact) mass is 361 g/mol. The molecule has 1 N–H and O–H groups in total. The molecule has 0 saturated carbocycles. The molecule has 3 rings (SSSR count). The molecule has 130 valence electrons. The van der Waals surface area contributed by atoms with Gasteiger partial charge in [-0.05, 0) is 6.07 Å². The van der Waals surface area contributed by atoms with Gasteiger partial charge in [-0.15, -0.1) is 0 Å². The van der Waals surface area contributed by atoms with Crippen molar-refractivity contribution < 1.29 is 23.8 Å². The summed E-state index contributed by atoms with van der Waals surface area (Å²) in [5.74, 6) is 0.0784. The van der Waals surface area contributed by atoms with Crippen molar-refractivity contribution in [3.8, 4) is 11.5 Å². The van der Waals surface area contributed by atoms with Gasteiger partial charge in [0, 0.05) is 17.7 Å². The lowest BCUT2D eigenvalue weighted by Gasteiger charge is -2.15. The van der Waals surface area contributed by atoms with Crippen LogP contribution in [0.15, 0.2) is 36.4 Å². The van der Waals surface area contributed by atoms with E-state index in [4.69, 9.17) is 25.8 Å². The number of anilines is 1. The van der Waals surface area contributed by atoms with E-state index >= 15 is 0 Å². The fraction of sp³-hybridized carbons (Fsp3) is 0.222. The standard InChI is InChI=1S/C18H16ClNO5/c1-23-15-8-13(16(24-2)7-12(15)19)20-17(21)9-14-10-5-3-4-6-11(10)18(22)25-14/h3-8,14H,9H2,1-2H3,(H,20,21)/t14-/m0/s1. The summed E-state index contributed by atoms with van der Waals surface area (Å²) in [5, 5.41) is 3.11. The maximum Gasteiger partial charge on any atom is 0.339 e. The second kappa shape index (κ2) is 7.03. The molecule has 0 fully saturated rings. The van der Waals surface area contributed by atoms with Gasteiger partial charge in [0.25, 0.3) is 0 Å². The number of ether oxygens (including phenoxy) is 3. The minimum atomic E-state index is -0.608. The lowest BCUT2D eigenvalue weighted by Crippen LogP contribution is -2.16. The van der Waals surface area contributed by atoms with Crippen LogP contribution in [0.5, 0.6) is 11.5 Å². The van der Waals surface area contributed by atoms with Gasteiger partial charge < -0.3 is 19.5 Å². The van der Waals surface area contributed by atoms with Crippen molar-refractivity contribution >= 4 is 29.2 Å². The Bertz CT molecular complexity index is 836. The van der Waals surface area contributed by atoms with E-state index in [1.54, 1.807) is 36.4 Å². The molecule has 7 heteroatoms. The predicted molar refractivity (Wildman–Crippen MR) is 92.4 cm³/mol. The Kier molecular flexibility index (Phi) is 4.81. The van der Waals surface area contributed by atoms with Crippen molar-refractivity contribution in [2.75, 3.05) is 19.5 Å². The zero-order valence-electron chi connectivity index (χ0n) is 13.7.